The molecule has 0 bridgehead atoms. The number of thioether (sulfide) groups is 1. The zero-order valence-electron chi connectivity index (χ0n) is 9.89. The third-order valence-electron chi connectivity index (χ3n) is 2.90. The average Bonchev–Trinajstić information content (AvgIpc) is 2.90. The van der Waals surface area contributed by atoms with Crippen LogP contribution in [0.3, 0.4) is 0 Å². The summed E-state index contributed by atoms with van der Waals surface area (Å²) in [7, 11) is 0. The summed E-state index contributed by atoms with van der Waals surface area (Å²) in [6, 6.07) is 5.41. The maximum absolute atomic E-state index is 11.9. The predicted octanol–water partition coefficient (Wildman–Crippen LogP) is 2.98. The highest BCUT2D eigenvalue weighted by Gasteiger charge is 2.18. The molecule has 96 valence electrons. The third-order valence-corrected chi connectivity index (χ3v) is 4.88. The third kappa shape index (κ3) is 3.36. The van der Waals surface area contributed by atoms with Crippen molar-refractivity contribution < 1.29 is 9.59 Å². The highest BCUT2D eigenvalue weighted by Crippen LogP contribution is 2.28. The van der Waals surface area contributed by atoms with E-state index in [4.69, 9.17) is 0 Å². The highest BCUT2D eigenvalue weighted by atomic mass is 79.9. The van der Waals surface area contributed by atoms with Gasteiger partial charge >= 0.3 is 0 Å². The van der Waals surface area contributed by atoms with Crippen molar-refractivity contribution in [2.24, 2.45) is 0 Å². The molecule has 2 rings (SSSR count). The van der Waals surface area contributed by atoms with E-state index in [1.54, 1.807) is 12.1 Å². The fourth-order valence-electron chi connectivity index (χ4n) is 1.90. The van der Waals surface area contributed by atoms with Crippen LogP contribution in [0.5, 0.6) is 0 Å². The molecule has 0 atom stereocenters. The summed E-state index contributed by atoms with van der Waals surface area (Å²) < 4.78 is 0.867. The lowest BCUT2D eigenvalue weighted by Crippen LogP contribution is -2.29. The number of hydrogen-bond donors (Lipinski definition) is 0. The van der Waals surface area contributed by atoms with Crippen LogP contribution in [0.1, 0.15) is 23.2 Å². The van der Waals surface area contributed by atoms with Crippen LogP contribution in [-0.4, -0.2) is 35.9 Å². The quantitative estimate of drug-likeness (QED) is 0.630. The molecule has 0 unspecified atom stereocenters. The van der Waals surface area contributed by atoms with Gasteiger partial charge in [-0.05, 0) is 40.9 Å². The fraction of sp³-hybridized carbons (Fsp3) is 0.385. The highest BCUT2D eigenvalue weighted by molar-refractivity contribution is 9.10. The Bertz CT molecular complexity index is 458. The molecule has 1 aromatic carbocycles. The van der Waals surface area contributed by atoms with Gasteiger partial charge in [0.05, 0.1) is 5.75 Å². The molecule has 1 amide bonds. The zero-order chi connectivity index (χ0) is 13.0. The summed E-state index contributed by atoms with van der Waals surface area (Å²) in [5.74, 6) is 0.655. The number of likely N-dealkylation sites (tertiary alicyclic amines) is 1. The molecule has 1 heterocycles. The van der Waals surface area contributed by atoms with Crippen LogP contribution in [0.15, 0.2) is 27.6 Å². The normalized spacial score (nSPS) is 14.8. The van der Waals surface area contributed by atoms with Crippen LogP contribution >= 0.6 is 27.7 Å². The summed E-state index contributed by atoms with van der Waals surface area (Å²) >= 11 is 4.92. The Kier molecular flexibility index (Phi) is 4.83. The van der Waals surface area contributed by atoms with Gasteiger partial charge in [0.2, 0.25) is 5.91 Å². The Hall–Kier alpha value is -0.810. The monoisotopic (exact) mass is 327 g/mol. The van der Waals surface area contributed by atoms with E-state index in [9.17, 15) is 9.59 Å². The maximum Gasteiger partial charge on any atom is 0.232 e. The van der Waals surface area contributed by atoms with Crippen LogP contribution in [-0.2, 0) is 4.79 Å². The molecule has 1 saturated heterocycles. The smallest absolute Gasteiger partial charge is 0.232 e. The summed E-state index contributed by atoms with van der Waals surface area (Å²) in [5.41, 5.74) is 0.636. The van der Waals surface area contributed by atoms with Gasteiger partial charge in [-0.25, -0.2) is 0 Å². The van der Waals surface area contributed by atoms with Crippen molar-refractivity contribution in [3.05, 3.63) is 28.2 Å². The van der Waals surface area contributed by atoms with Gasteiger partial charge in [0.15, 0.2) is 0 Å². The van der Waals surface area contributed by atoms with Gasteiger partial charge in [0, 0.05) is 28.0 Å². The van der Waals surface area contributed by atoms with Crippen LogP contribution in [0, 0.1) is 0 Å². The second kappa shape index (κ2) is 6.38. The molecule has 1 aliphatic rings. The lowest BCUT2D eigenvalue weighted by atomic mass is 10.2. The van der Waals surface area contributed by atoms with Gasteiger partial charge in [-0.1, -0.05) is 6.07 Å². The maximum atomic E-state index is 11.9. The van der Waals surface area contributed by atoms with E-state index in [0.29, 0.717) is 11.3 Å². The largest absolute Gasteiger partial charge is 0.342 e. The Morgan fingerprint density at radius 2 is 2.11 bits per heavy atom. The summed E-state index contributed by atoms with van der Waals surface area (Å²) in [4.78, 5) is 25.4. The van der Waals surface area contributed by atoms with Crippen LogP contribution in [0.2, 0.25) is 0 Å². The second-order valence-electron chi connectivity index (χ2n) is 4.18. The first-order valence-electron chi connectivity index (χ1n) is 5.86. The zero-order valence-corrected chi connectivity index (χ0v) is 12.3. The number of amides is 1. The van der Waals surface area contributed by atoms with Crippen molar-refractivity contribution >= 4 is 39.9 Å². The van der Waals surface area contributed by atoms with Gasteiger partial charge in [0.1, 0.15) is 6.29 Å². The molecule has 0 radical (unpaired) electrons. The first-order chi connectivity index (χ1) is 8.70. The van der Waals surface area contributed by atoms with Crippen molar-refractivity contribution in [3.63, 3.8) is 0 Å². The molecule has 5 heteroatoms. The van der Waals surface area contributed by atoms with Crippen molar-refractivity contribution in [2.45, 2.75) is 17.7 Å². The minimum Gasteiger partial charge on any atom is -0.342 e. The van der Waals surface area contributed by atoms with Crippen molar-refractivity contribution in [1.29, 1.82) is 0 Å². The van der Waals surface area contributed by atoms with Gasteiger partial charge in [-0.3, -0.25) is 9.59 Å². The van der Waals surface area contributed by atoms with Crippen LogP contribution < -0.4 is 0 Å². The van der Waals surface area contributed by atoms with Gasteiger partial charge in [-0.15, -0.1) is 11.8 Å². The molecule has 0 aliphatic carbocycles. The molecule has 0 N–H and O–H groups in total. The van der Waals surface area contributed by atoms with E-state index in [1.165, 1.54) is 11.8 Å². The molecule has 1 aromatic rings. The summed E-state index contributed by atoms with van der Waals surface area (Å²) in [6.07, 6.45) is 3.05. The topological polar surface area (TPSA) is 37.4 Å². The summed E-state index contributed by atoms with van der Waals surface area (Å²) in [5, 5.41) is 0. The Morgan fingerprint density at radius 3 is 2.72 bits per heavy atom. The van der Waals surface area contributed by atoms with E-state index in [1.807, 2.05) is 11.0 Å². The molecule has 0 aromatic heterocycles. The number of benzene rings is 1. The molecule has 1 aliphatic heterocycles. The number of aldehydes is 1. The van der Waals surface area contributed by atoms with Gasteiger partial charge in [0.25, 0.3) is 0 Å². The minimum atomic E-state index is 0.198. The van der Waals surface area contributed by atoms with Crippen molar-refractivity contribution in [1.82, 2.24) is 4.90 Å². The first kappa shape index (κ1) is 13.6. The van der Waals surface area contributed by atoms with E-state index >= 15 is 0 Å². The van der Waals surface area contributed by atoms with Gasteiger partial charge < -0.3 is 4.90 Å². The lowest BCUT2D eigenvalue weighted by molar-refractivity contribution is -0.127. The Labute approximate surface area is 119 Å². The molecule has 18 heavy (non-hydrogen) atoms. The van der Waals surface area contributed by atoms with E-state index in [0.717, 1.165) is 41.6 Å². The number of hydrogen-bond acceptors (Lipinski definition) is 3. The molecular weight excluding hydrogens is 314 g/mol. The fourth-order valence-corrected chi connectivity index (χ4v) is 3.47. The number of rotatable bonds is 4. The molecule has 3 nitrogen and oxygen atoms in total. The first-order valence-corrected chi connectivity index (χ1v) is 7.64. The minimum absolute atomic E-state index is 0.198. The molecule has 0 spiro atoms. The van der Waals surface area contributed by atoms with E-state index < -0.39 is 0 Å². The van der Waals surface area contributed by atoms with Crippen molar-refractivity contribution in [2.75, 3.05) is 18.8 Å². The number of carbonyl (C=O) groups is 2. The summed E-state index contributed by atoms with van der Waals surface area (Å²) in [6.45, 7) is 1.79. The Balaban J connectivity index is 1.93. The molecule has 0 saturated carbocycles. The number of halogens is 1. The average molecular weight is 328 g/mol. The van der Waals surface area contributed by atoms with Crippen LogP contribution in [0.25, 0.3) is 0 Å². The van der Waals surface area contributed by atoms with E-state index in [-0.39, 0.29) is 5.91 Å². The second-order valence-corrected chi connectivity index (χ2v) is 6.06. The number of nitrogens with zero attached hydrogens (tertiary/aromatic N) is 1. The predicted molar refractivity (Wildman–Crippen MR) is 76.1 cm³/mol. The molecule has 1 fully saturated rings. The van der Waals surface area contributed by atoms with E-state index in [2.05, 4.69) is 15.9 Å². The molecular formula is C13H14BrNO2S. The SMILES string of the molecule is O=Cc1ccc(SCC(=O)N2CCCC2)c(Br)c1. The lowest BCUT2D eigenvalue weighted by Gasteiger charge is -2.14. The Morgan fingerprint density at radius 1 is 1.39 bits per heavy atom. The van der Waals surface area contributed by atoms with Crippen LogP contribution in [0.4, 0.5) is 0 Å². The number of carbonyl (C=O) groups excluding carboxylic acids is 2. The standard InChI is InChI=1S/C13H14BrNO2S/c14-11-7-10(8-16)3-4-12(11)18-9-13(17)15-5-1-2-6-15/h3-4,7-8H,1-2,5-6,9H2. The van der Waals surface area contributed by atoms with Crippen molar-refractivity contribution in [3.8, 4) is 0 Å². The van der Waals surface area contributed by atoms with Gasteiger partial charge in [-0.2, -0.15) is 0 Å².